The number of halogens is 2. The fraction of sp³-hybridized carbons (Fsp3) is 0.667. The lowest BCUT2D eigenvalue weighted by Gasteiger charge is -1.95. The Balaban J connectivity index is 3.34. The molecule has 0 aromatic rings. The third kappa shape index (κ3) is 2.53. The highest BCUT2D eigenvalue weighted by Gasteiger charge is 2.06. The lowest BCUT2D eigenvalue weighted by molar-refractivity contribution is -0.114. The van der Waals surface area contributed by atoms with Gasteiger partial charge in [0.1, 0.15) is 6.04 Å². The first-order chi connectivity index (χ1) is 3.18. The first-order valence-electron chi connectivity index (χ1n) is 1.74. The Morgan fingerprint density at radius 2 is 2.43 bits per heavy atom. The van der Waals surface area contributed by atoms with Crippen molar-refractivity contribution in [2.75, 3.05) is 0 Å². The number of nitrogens with one attached hydrogen (secondary N) is 1. The van der Waals surface area contributed by atoms with E-state index in [1.165, 1.54) is 12.5 Å². The average Bonchev–Trinajstić information content (AvgIpc) is 1.65. The van der Waals surface area contributed by atoms with Gasteiger partial charge in [0, 0.05) is 0 Å². The second-order valence-electron chi connectivity index (χ2n) is 1.13. The van der Waals surface area contributed by atoms with Gasteiger partial charge >= 0.3 is 0 Å². The van der Waals surface area contributed by atoms with Gasteiger partial charge in [-0.15, -0.1) is 10.0 Å². The smallest absolute Gasteiger partial charge is 0.240 e. The van der Waals surface area contributed by atoms with Crippen LogP contribution in [0.4, 0.5) is 4.48 Å². The zero-order valence-corrected chi connectivity index (χ0v) is 4.50. The summed E-state index contributed by atoms with van der Waals surface area (Å²) in [5.74, 6) is 0. The van der Waals surface area contributed by atoms with Crippen LogP contribution in [0.2, 0.25) is 0 Å². The lowest BCUT2D eigenvalue weighted by Crippen LogP contribution is -2.23. The summed E-state index contributed by atoms with van der Waals surface area (Å²) in [4.78, 5) is 9.84. The molecule has 0 aliphatic rings. The van der Waals surface area contributed by atoms with Crippen molar-refractivity contribution in [2.24, 2.45) is 0 Å². The van der Waals surface area contributed by atoms with Gasteiger partial charge in [0.05, 0.1) is 0 Å². The average molecular weight is 126 g/mol. The van der Waals surface area contributed by atoms with E-state index in [1.54, 1.807) is 0 Å². The summed E-state index contributed by atoms with van der Waals surface area (Å²) in [6.45, 7) is 1.33. The van der Waals surface area contributed by atoms with E-state index >= 15 is 0 Å². The van der Waals surface area contributed by atoms with Gasteiger partial charge in [-0.1, -0.05) is 0 Å². The minimum absolute atomic E-state index is 0.720. The second kappa shape index (κ2) is 2.93. The normalized spacial score (nSPS) is 13.6. The molecule has 1 atom stereocenters. The molecule has 0 saturated carbocycles. The predicted octanol–water partition coefficient (Wildman–Crippen LogP) is 0.614. The number of hydrogen-bond donors (Lipinski definition) is 1. The van der Waals surface area contributed by atoms with E-state index in [4.69, 9.17) is 11.6 Å². The van der Waals surface area contributed by atoms with Gasteiger partial charge in [0.2, 0.25) is 5.24 Å². The topological polar surface area (TPSA) is 29.1 Å². The molecule has 0 saturated heterocycles. The van der Waals surface area contributed by atoms with Gasteiger partial charge in [0.25, 0.3) is 0 Å². The second-order valence-corrected chi connectivity index (χ2v) is 1.51. The third-order valence-corrected chi connectivity index (χ3v) is 0.831. The molecule has 0 fully saturated rings. The van der Waals surface area contributed by atoms with Crippen LogP contribution in [-0.4, -0.2) is 11.3 Å². The zero-order chi connectivity index (χ0) is 5.86. The Morgan fingerprint density at radius 3 is 2.43 bits per heavy atom. The third-order valence-electron chi connectivity index (χ3n) is 0.504. The zero-order valence-electron chi connectivity index (χ0n) is 3.74. The molecule has 1 unspecified atom stereocenters. The standard InChI is InChI=1S/C3H5ClFNO/c1-2(6-5)3(4)7/h2,6H,1H3. The molecule has 0 rings (SSSR count). The maximum Gasteiger partial charge on any atom is 0.240 e. The minimum atomic E-state index is -0.887. The molecule has 2 nitrogen and oxygen atoms in total. The van der Waals surface area contributed by atoms with Crippen molar-refractivity contribution in [3.8, 4) is 0 Å². The van der Waals surface area contributed by atoms with Crippen LogP contribution in [0.5, 0.6) is 0 Å². The van der Waals surface area contributed by atoms with Crippen molar-refractivity contribution >= 4 is 16.8 Å². The van der Waals surface area contributed by atoms with Crippen molar-refractivity contribution in [3.05, 3.63) is 0 Å². The van der Waals surface area contributed by atoms with Crippen molar-refractivity contribution in [3.63, 3.8) is 0 Å². The molecule has 0 bridgehead atoms. The van der Waals surface area contributed by atoms with E-state index in [9.17, 15) is 9.28 Å². The molecule has 42 valence electrons. The molecule has 0 aromatic heterocycles. The molecule has 0 aromatic carbocycles. The lowest BCUT2D eigenvalue weighted by atomic mass is 10.4. The largest absolute Gasteiger partial charge is 0.279 e. The van der Waals surface area contributed by atoms with Crippen LogP contribution in [0.15, 0.2) is 0 Å². The van der Waals surface area contributed by atoms with Gasteiger partial charge in [-0.25, -0.2) is 0 Å². The molecule has 0 amide bonds. The summed E-state index contributed by atoms with van der Waals surface area (Å²) < 4.78 is 11.1. The summed E-state index contributed by atoms with van der Waals surface area (Å²) in [5, 5.41) is -0.720. The van der Waals surface area contributed by atoms with Gasteiger partial charge in [0.15, 0.2) is 0 Å². The van der Waals surface area contributed by atoms with E-state index in [0.717, 1.165) is 0 Å². The van der Waals surface area contributed by atoms with Crippen molar-refractivity contribution in [1.29, 1.82) is 0 Å². The number of hydrogen-bond acceptors (Lipinski definition) is 2. The van der Waals surface area contributed by atoms with E-state index in [1.807, 2.05) is 0 Å². The van der Waals surface area contributed by atoms with Gasteiger partial charge in [-0.2, -0.15) is 0 Å². The van der Waals surface area contributed by atoms with Crippen LogP contribution in [0, 0.1) is 0 Å². The molecule has 0 aliphatic heterocycles. The van der Waals surface area contributed by atoms with Gasteiger partial charge in [-0.05, 0) is 18.5 Å². The van der Waals surface area contributed by atoms with E-state index in [2.05, 4.69) is 0 Å². The Kier molecular flexibility index (Phi) is 2.87. The monoisotopic (exact) mass is 125 g/mol. The number of rotatable bonds is 2. The summed E-state index contributed by atoms with van der Waals surface area (Å²) >= 11 is 4.79. The molecule has 1 N–H and O–H groups in total. The number of carbonyl (C=O) groups excluding carboxylic acids is 1. The van der Waals surface area contributed by atoms with Crippen LogP contribution >= 0.6 is 11.6 Å². The van der Waals surface area contributed by atoms with Crippen molar-refractivity contribution < 1.29 is 9.28 Å². The summed E-state index contributed by atoms with van der Waals surface area (Å²) in [5.41, 5.74) is 1.18. The van der Waals surface area contributed by atoms with Crippen LogP contribution in [0.3, 0.4) is 0 Å². The van der Waals surface area contributed by atoms with E-state index < -0.39 is 11.3 Å². The molecular weight excluding hydrogens is 120 g/mol. The molecule has 0 aliphatic carbocycles. The first kappa shape index (κ1) is 6.85. The quantitative estimate of drug-likeness (QED) is 0.433. The molecule has 0 radical (unpaired) electrons. The Hall–Kier alpha value is -0.150. The van der Waals surface area contributed by atoms with E-state index in [0.29, 0.717) is 0 Å². The predicted molar refractivity (Wildman–Crippen MR) is 24.6 cm³/mol. The van der Waals surface area contributed by atoms with Crippen LogP contribution in [-0.2, 0) is 4.79 Å². The fourth-order valence-corrected chi connectivity index (χ4v) is 0.0841. The molecule has 0 spiro atoms. The Morgan fingerprint density at radius 1 is 2.00 bits per heavy atom. The molecule has 0 heterocycles. The highest BCUT2D eigenvalue weighted by molar-refractivity contribution is 6.64. The Labute approximate surface area is 45.6 Å². The van der Waals surface area contributed by atoms with Crippen LogP contribution < -0.4 is 5.54 Å². The molecule has 4 heteroatoms. The minimum Gasteiger partial charge on any atom is -0.279 e. The first-order valence-corrected chi connectivity index (χ1v) is 2.11. The maximum atomic E-state index is 11.1. The van der Waals surface area contributed by atoms with Crippen molar-refractivity contribution in [2.45, 2.75) is 13.0 Å². The van der Waals surface area contributed by atoms with Crippen molar-refractivity contribution in [1.82, 2.24) is 5.54 Å². The summed E-state index contributed by atoms with van der Waals surface area (Å²) in [7, 11) is 0. The van der Waals surface area contributed by atoms with Gasteiger partial charge < -0.3 is 0 Å². The molecule has 7 heavy (non-hydrogen) atoms. The highest BCUT2D eigenvalue weighted by Crippen LogP contribution is 1.87. The fourth-order valence-electron chi connectivity index (χ4n) is 0.0429. The molecular formula is C3H5ClFNO. The van der Waals surface area contributed by atoms with E-state index in [-0.39, 0.29) is 0 Å². The van der Waals surface area contributed by atoms with Crippen LogP contribution in [0.1, 0.15) is 6.92 Å². The van der Waals surface area contributed by atoms with Crippen LogP contribution in [0.25, 0.3) is 0 Å². The number of carbonyl (C=O) groups is 1. The summed E-state index contributed by atoms with van der Waals surface area (Å²) in [6.07, 6.45) is 0. The summed E-state index contributed by atoms with van der Waals surface area (Å²) in [6, 6.07) is -0.887. The Bertz CT molecular complexity index is 77.3. The SMILES string of the molecule is CC(NF)C(=O)Cl. The highest BCUT2D eigenvalue weighted by atomic mass is 35.5. The maximum absolute atomic E-state index is 11.1. The van der Waals surface area contributed by atoms with Gasteiger partial charge in [-0.3, -0.25) is 4.79 Å².